The number of rotatable bonds is 3. The highest BCUT2D eigenvalue weighted by atomic mass is 32.2. The monoisotopic (exact) mass is 290 g/mol. The highest BCUT2D eigenvalue weighted by molar-refractivity contribution is 7.99. The number of hydrogen-bond donors (Lipinski definition) is 2. The molecule has 1 aliphatic heterocycles. The maximum absolute atomic E-state index is 12.8. The Labute approximate surface area is 112 Å². The van der Waals surface area contributed by atoms with Crippen LogP contribution in [0.25, 0.3) is 5.57 Å². The van der Waals surface area contributed by atoms with E-state index in [0.29, 0.717) is 16.9 Å². The van der Waals surface area contributed by atoms with Gasteiger partial charge in [0, 0.05) is 17.1 Å². The second kappa shape index (κ2) is 5.19. The molecule has 0 aromatic heterocycles. The highest BCUT2D eigenvalue weighted by Gasteiger charge is 2.53. The fourth-order valence-corrected chi connectivity index (χ4v) is 2.92. The number of hydrogen-bond acceptors (Lipinski definition) is 3. The summed E-state index contributed by atoms with van der Waals surface area (Å²) in [6.07, 6.45) is -3.83. The minimum atomic E-state index is -4.86. The van der Waals surface area contributed by atoms with E-state index >= 15 is 0 Å². The first-order valence-electron chi connectivity index (χ1n) is 5.68. The molecule has 2 rings (SSSR count). The molecule has 104 valence electrons. The molecule has 0 bridgehead atoms. The predicted octanol–water partition coefficient (Wildman–Crippen LogP) is 2.85. The van der Waals surface area contributed by atoms with Gasteiger partial charge in [0.05, 0.1) is 6.61 Å². The van der Waals surface area contributed by atoms with Crippen molar-refractivity contribution in [1.82, 2.24) is 0 Å². The molecule has 0 saturated carbocycles. The summed E-state index contributed by atoms with van der Waals surface area (Å²) in [5.41, 5.74) is -1.98. The van der Waals surface area contributed by atoms with Gasteiger partial charge in [-0.25, -0.2) is 0 Å². The lowest BCUT2D eigenvalue weighted by Gasteiger charge is -2.30. The van der Waals surface area contributed by atoms with Gasteiger partial charge in [0.1, 0.15) is 0 Å². The van der Waals surface area contributed by atoms with Gasteiger partial charge in [-0.15, -0.1) is 11.8 Å². The molecular weight excluding hydrogens is 277 g/mol. The minimum absolute atomic E-state index is 0.420. The number of alkyl halides is 3. The van der Waals surface area contributed by atoms with Crippen LogP contribution in [0.1, 0.15) is 12.0 Å². The molecule has 2 nitrogen and oxygen atoms in total. The predicted molar refractivity (Wildman–Crippen MR) is 67.9 cm³/mol. The molecule has 0 saturated heterocycles. The molecule has 1 unspecified atom stereocenters. The Hall–Kier alpha value is -0.980. The number of aliphatic hydroxyl groups is 2. The van der Waals surface area contributed by atoms with E-state index in [1.807, 2.05) is 12.1 Å². The summed E-state index contributed by atoms with van der Waals surface area (Å²) in [6.45, 7) is -1.34. The normalized spacial score (nSPS) is 18.5. The molecule has 1 atom stereocenters. The largest absolute Gasteiger partial charge is 0.419 e. The van der Waals surface area contributed by atoms with Gasteiger partial charge >= 0.3 is 6.18 Å². The van der Waals surface area contributed by atoms with Crippen molar-refractivity contribution < 1.29 is 23.4 Å². The van der Waals surface area contributed by atoms with Crippen LogP contribution in [0.4, 0.5) is 13.2 Å². The third-order valence-corrected chi connectivity index (χ3v) is 4.07. The van der Waals surface area contributed by atoms with Crippen molar-refractivity contribution in [2.75, 3.05) is 12.4 Å². The first-order chi connectivity index (χ1) is 8.87. The zero-order valence-electron chi connectivity index (χ0n) is 9.94. The van der Waals surface area contributed by atoms with Crippen molar-refractivity contribution in [3.05, 3.63) is 35.9 Å². The van der Waals surface area contributed by atoms with Crippen molar-refractivity contribution in [3.63, 3.8) is 0 Å². The van der Waals surface area contributed by atoms with E-state index in [1.54, 1.807) is 18.2 Å². The second-order valence-electron chi connectivity index (χ2n) is 4.40. The summed E-state index contributed by atoms with van der Waals surface area (Å²) in [7, 11) is 0. The summed E-state index contributed by atoms with van der Waals surface area (Å²) < 4.78 is 38.4. The van der Waals surface area contributed by atoms with E-state index in [0.717, 1.165) is 4.90 Å². The van der Waals surface area contributed by atoms with Crippen LogP contribution in [0.2, 0.25) is 0 Å². The molecule has 0 fully saturated rings. The molecule has 1 heterocycles. The van der Waals surface area contributed by atoms with Crippen LogP contribution in [0.3, 0.4) is 0 Å². The molecule has 1 aromatic rings. The van der Waals surface area contributed by atoms with E-state index in [4.69, 9.17) is 5.11 Å². The van der Waals surface area contributed by atoms with Crippen LogP contribution in [-0.4, -0.2) is 34.4 Å². The van der Waals surface area contributed by atoms with E-state index < -0.39 is 24.8 Å². The Morgan fingerprint density at radius 1 is 1.21 bits per heavy atom. The van der Waals surface area contributed by atoms with Gasteiger partial charge in [-0.2, -0.15) is 13.2 Å². The van der Waals surface area contributed by atoms with Crippen molar-refractivity contribution in [2.24, 2.45) is 0 Å². The third-order valence-electron chi connectivity index (χ3n) is 3.07. The molecule has 0 radical (unpaired) electrons. The molecule has 1 aliphatic rings. The topological polar surface area (TPSA) is 40.5 Å². The first kappa shape index (κ1) is 14.4. The number of aliphatic hydroxyl groups excluding tert-OH is 1. The fourth-order valence-electron chi connectivity index (χ4n) is 1.93. The molecule has 0 aliphatic carbocycles. The van der Waals surface area contributed by atoms with Gasteiger partial charge in [0.15, 0.2) is 5.60 Å². The maximum atomic E-state index is 12.8. The Bertz CT molecular complexity index is 499. The summed E-state index contributed by atoms with van der Waals surface area (Å²) >= 11 is 1.53. The van der Waals surface area contributed by atoms with Gasteiger partial charge in [-0.1, -0.05) is 24.3 Å². The lowest BCUT2D eigenvalue weighted by molar-refractivity contribution is -0.268. The van der Waals surface area contributed by atoms with Gasteiger partial charge in [0.2, 0.25) is 0 Å². The van der Waals surface area contributed by atoms with Gasteiger partial charge in [-0.3, -0.25) is 0 Å². The standard InChI is InChI=1S/C13H13F3O2S/c14-13(15,16)12(18,8-17)7-9-5-6-19-11-4-2-1-3-10(9)11/h1-5,17-18H,6-8H2. The van der Waals surface area contributed by atoms with Crippen LogP contribution in [0, 0.1) is 0 Å². The summed E-state index contributed by atoms with van der Waals surface area (Å²) in [6, 6.07) is 7.11. The van der Waals surface area contributed by atoms with Crippen LogP contribution >= 0.6 is 11.8 Å². The SMILES string of the molecule is OCC(O)(CC1=CCSc2ccccc21)C(F)(F)F. The maximum Gasteiger partial charge on any atom is 0.419 e. The van der Waals surface area contributed by atoms with Gasteiger partial charge in [0.25, 0.3) is 0 Å². The van der Waals surface area contributed by atoms with Crippen LogP contribution < -0.4 is 0 Å². The van der Waals surface area contributed by atoms with Crippen molar-refractivity contribution in [1.29, 1.82) is 0 Å². The van der Waals surface area contributed by atoms with Gasteiger partial charge in [-0.05, 0) is 17.2 Å². The lowest BCUT2D eigenvalue weighted by Crippen LogP contribution is -2.48. The van der Waals surface area contributed by atoms with Crippen LogP contribution in [0.15, 0.2) is 35.2 Å². The van der Waals surface area contributed by atoms with Crippen molar-refractivity contribution in [2.45, 2.75) is 23.1 Å². The number of benzene rings is 1. The average Bonchev–Trinajstić information content (AvgIpc) is 2.38. The quantitative estimate of drug-likeness (QED) is 0.899. The number of thioether (sulfide) groups is 1. The molecular formula is C13H13F3O2S. The Morgan fingerprint density at radius 2 is 1.89 bits per heavy atom. The molecule has 1 aromatic carbocycles. The lowest BCUT2D eigenvalue weighted by atomic mass is 9.90. The Balaban J connectivity index is 2.31. The van der Waals surface area contributed by atoms with Crippen molar-refractivity contribution in [3.8, 4) is 0 Å². The van der Waals surface area contributed by atoms with Crippen LogP contribution in [0.5, 0.6) is 0 Å². The molecule has 0 amide bonds. The molecule has 2 N–H and O–H groups in total. The van der Waals surface area contributed by atoms with E-state index in [9.17, 15) is 18.3 Å². The van der Waals surface area contributed by atoms with E-state index in [1.165, 1.54) is 11.8 Å². The molecule has 6 heteroatoms. The van der Waals surface area contributed by atoms with Crippen LogP contribution in [-0.2, 0) is 0 Å². The number of fused-ring (bicyclic) bond motifs is 1. The highest BCUT2D eigenvalue weighted by Crippen LogP contribution is 2.41. The average molecular weight is 290 g/mol. The fraction of sp³-hybridized carbons (Fsp3) is 0.385. The zero-order chi connectivity index (χ0) is 14.1. The smallest absolute Gasteiger partial charge is 0.393 e. The number of halogens is 3. The first-order valence-corrected chi connectivity index (χ1v) is 6.67. The summed E-state index contributed by atoms with van der Waals surface area (Å²) in [4.78, 5) is 0.891. The van der Waals surface area contributed by atoms with E-state index in [2.05, 4.69) is 0 Å². The zero-order valence-corrected chi connectivity index (χ0v) is 10.8. The third kappa shape index (κ3) is 2.80. The minimum Gasteiger partial charge on any atom is -0.393 e. The summed E-state index contributed by atoms with van der Waals surface area (Å²) in [5.74, 6) is 0.561. The Morgan fingerprint density at radius 3 is 2.53 bits per heavy atom. The molecule has 19 heavy (non-hydrogen) atoms. The Kier molecular flexibility index (Phi) is 3.94. The van der Waals surface area contributed by atoms with E-state index in [-0.39, 0.29) is 0 Å². The summed E-state index contributed by atoms with van der Waals surface area (Å²) in [5, 5.41) is 18.5. The van der Waals surface area contributed by atoms with Crippen molar-refractivity contribution >= 4 is 17.3 Å². The molecule has 0 spiro atoms. The second-order valence-corrected chi connectivity index (χ2v) is 5.46. The van der Waals surface area contributed by atoms with Gasteiger partial charge < -0.3 is 10.2 Å².